The van der Waals surface area contributed by atoms with Gasteiger partial charge in [-0.25, -0.2) is 9.97 Å². The molecule has 1 heterocycles. The van der Waals surface area contributed by atoms with Gasteiger partial charge < -0.3 is 4.74 Å². The number of nitrogens with zero attached hydrogens (tertiary/aromatic N) is 2. The van der Waals surface area contributed by atoms with Gasteiger partial charge in [0, 0.05) is 18.0 Å². The lowest BCUT2D eigenvalue weighted by Gasteiger charge is -2.19. The summed E-state index contributed by atoms with van der Waals surface area (Å²) in [6.07, 6.45) is 18.1. The lowest BCUT2D eigenvalue weighted by molar-refractivity contribution is -0.139. The van der Waals surface area contributed by atoms with Gasteiger partial charge in [0.05, 0.1) is 5.92 Å². The number of benzene rings is 1. The van der Waals surface area contributed by atoms with Crippen molar-refractivity contribution in [1.29, 1.82) is 0 Å². The average molecular weight is 395 g/mol. The Morgan fingerprint density at radius 1 is 0.931 bits per heavy atom. The van der Waals surface area contributed by atoms with E-state index in [0.29, 0.717) is 11.6 Å². The second-order valence-electron chi connectivity index (χ2n) is 8.21. The van der Waals surface area contributed by atoms with Gasteiger partial charge in [0.2, 0.25) is 0 Å². The maximum Gasteiger partial charge on any atom is 0.314 e. The van der Waals surface area contributed by atoms with Gasteiger partial charge in [-0.05, 0) is 55.5 Å². The standard InChI is InChI=1S/C25H34N2O2/c1-2-3-4-5-6-8-11-20-18-26-24(27-19-20)21-14-16-23(17-15-21)29-25(28)22-12-9-7-10-13-22/h14-19,22H,2-13H2,1H3. The van der Waals surface area contributed by atoms with Crippen LogP contribution in [-0.2, 0) is 11.2 Å². The second-order valence-corrected chi connectivity index (χ2v) is 8.21. The quantitative estimate of drug-likeness (QED) is 0.261. The van der Waals surface area contributed by atoms with Crippen molar-refractivity contribution < 1.29 is 9.53 Å². The smallest absolute Gasteiger partial charge is 0.314 e. The summed E-state index contributed by atoms with van der Waals surface area (Å²) >= 11 is 0. The van der Waals surface area contributed by atoms with Gasteiger partial charge in [-0.2, -0.15) is 0 Å². The predicted molar refractivity (Wildman–Crippen MR) is 117 cm³/mol. The van der Waals surface area contributed by atoms with Gasteiger partial charge in [-0.1, -0.05) is 58.3 Å². The summed E-state index contributed by atoms with van der Waals surface area (Å²) in [6, 6.07) is 7.52. The van der Waals surface area contributed by atoms with E-state index in [0.717, 1.165) is 37.7 Å². The fraction of sp³-hybridized carbons (Fsp3) is 0.560. The van der Waals surface area contributed by atoms with Crippen molar-refractivity contribution in [2.75, 3.05) is 0 Å². The number of rotatable bonds is 10. The van der Waals surface area contributed by atoms with E-state index in [1.54, 1.807) is 0 Å². The Labute approximate surface area is 175 Å². The zero-order valence-corrected chi connectivity index (χ0v) is 17.7. The highest BCUT2D eigenvalue weighted by molar-refractivity contribution is 5.75. The van der Waals surface area contributed by atoms with Crippen molar-refractivity contribution in [3.63, 3.8) is 0 Å². The molecular weight excluding hydrogens is 360 g/mol. The molecule has 0 saturated heterocycles. The molecule has 1 aromatic carbocycles. The lowest BCUT2D eigenvalue weighted by Crippen LogP contribution is -2.22. The van der Waals surface area contributed by atoms with Crippen molar-refractivity contribution in [3.05, 3.63) is 42.2 Å². The third-order valence-corrected chi connectivity index (χ3v) is 5.79. The van der Waals surface area contributed by atoms with E-state index in [9.17, 15) is 4.79 Å². The fourth-order valence-electron chi connectivity index (χ4n) is 3.95. The summed E-state index contributed by atoms with van der Waals surface area (Å²) in [5.41, 5.74) is 2.14. The van der Waals surface area contributed by atoms with Crippen LogP contribution in [0.5, 0.6) is 5.75 Å². The van der Waals surface area contributed by atoms with Gasteiger partial charge in [0.25, 0.3) is 0 Å². The highest BCUT2D eigenvalue weighted by Crippen LogP contribution is 2.26. The van der Waals surface area contributed by atoms with Crippen LogP contribution in [0, 0.1) is 5.92 Å². The number of aryl methyl sites for hydroxylation is 1. The molecular formula is C25H34N2O2. The Balaban J connectivity index is 1.47. The number of ether oxygens (including phenoxy) is 1. The van der Waals surface area contributed by atoms with Gasteiger partial charge in [-0.3, -0.25) is 4.79 Å². The van der Waals surface area contributed by atoms with Crippen LogP contribution in [0.1, 0.15) is 83.1 Å². The minimum atomic E-state index is -0.0900. The van der Waals surface area contributed by atoms with E-state index in [1.807, 2.05) is 36.7 Å². The Bertz CT molecular complexity index is 734. The molecule has 1 aromatic heterocycles. The first-order chi connectivity index (χ1) is 14.3. The van der Waals surface area contributed by atoms with Crippen molar-refractivity contribution in [1.82, 2.24) is 9.97 Å². The number of unbranched alkanes of at least 4 members (excludes halogenated alkanes) is 5. The third-order valence-electron chi connectivity index (χ3n) is 5.79. The minimum absolute atomic E-state index is 0.0611. The first kappa shape index (κ1) is 21.5. The number of carbonyl (C=O) groups excluding carboxylic acids is 1. The van der Waals surface area contributed by atoms with Crippen LogP contribution in [0.2, 0.25) is 0 Å². The van der Waals surface area contributed by atoms with E-state index in [4.69, 9.17) is 4.74 Å². The number of carbonyl (C=O) groups is 1. The largest absolute Gasteiger partial charge is 0.426 e. The SMILES string of the molecule is CCCCCCCCc1cnc(-c2ccc(OC(=O)C3CCCCC3)cc2)nc1. The van der Waals surface area contributed by atoms with Gasteiger partial charge >= 0.3 is 5.97 Å². The summed E-state index contributed by atoms with van der Waals surface area (Å²) in [7, 11) is 0. The molecule has 1 saturated carbocycles. The summed E-state index contributed by atoms with van der Waals surface area (Å²) < 4.78 is 5.56. The van der Waals surface area contributed by atoms with Gasteiger partial charge in [-0.15, -0.1) is 0 Å². The summed E-state index contributed by atoms with van der Waals surface area (Å²) in [5.74, 6) is 1.28. The van der Waals surface area contributed by atoms with Gasteiger partial charge in [0.15, 0.2) is 5.82 Å². The zero-order chi connectivity index (χ0) is 20.3. The Hall–Kier alpha value is -2.23. The predicted octanol–water partition coefficient (Wildman–Crippen LogP) is 6.53. The van der Waals surface area contributed by atoms with E-state index in [2.05, 4.69) is 16.9 Å². The number of hydrogen-bond acceptors (Lipinski definition) is 4. The Morgan fingerprint density at radius 2 is 1.59 bits per heavy atom. The first-order valence-electron chi connectivity index (χ1n) is 11.4. The van der Waals surface area contributed by atoms with E-state index >= 15 is 0 Å². The molecule has 1 aliphatic rings. The number of hydrogen-bond donors (Lipinski definition) is 0. The number of aromatic nitrogens is 2. The Kier molecular flexibility index (Phi) is 8.66. The Morgan fingerprint density at radius 3 is 2.28 bits per heavy atom. The topological polar surface area (TPSA) is 52.1 Å². The van der Waals surface area contributed by atoms with E-state index in [1.165, 1.54) is 50.5 Å². The molecule has 3 rings (SSSR count). The van der Waals surface area contributed by atoms with Crippen LogP contribution in [0.25, 0.3) is 11.4 Å². The lowest BCUT2D eigenvalue weighted by atomic mass is 9.89. The van der Waals surface area contributed by atoms with Crippen molar-refractivity contribution in [2.24, 2.45) is 5.92 Å². The van der Waals surface area contributed by atoms with E-state index < -0.39 is 0 Å². The zero-order valence-electron chi connectivity index (χ0n) is 17.7. The highest BCUT2D eigenvalue weighted by atomic mass is 16.5. The van der Waals surface area contributed by atoms with Crippen LogP contribution in [0.3, 0.4) is 0 Å². The molecule has 156 valence electrons. The molecule has 4 nitrogen and oxygen atoms in total. The third kappa shape index (κ3) is 6.95. The monoisotopic (exact) mass is 394 g/mol. The van der Waals surface area contributed by atoms with Crippen LogP contribution < -0.4 is 4.74 Å². The van der Waals surface area contributed by atoms with Crippen LogP contribution in [0.4, 0.5) is 0 Å². The molecule has 0 amide bonds. The molecule has 0 radical (unpaired) electrons. The molecule has 2 aromatic rings. The average Bonchev–Trinajstić information content (AvgIpc) is 2.78. The molecule has 0 unspecified atom stereocenters. The second kappa shape index (κ2) is 11.7. The molecule has 1 aliphatic carbocycles. The molecule has 0 bridgehead atoms. The summed E-state index contributed by atoms with van der Waals surface area (Å²) in [5, 5.41) is 0. The van der Waals surface area contributed by atoms with Crippen molar-refractivity contribution in [3.8, 4) is 17.1 Å². The molecule has 0 N–H and O–H groups in total. The molecule has 0 spiro atoms. The van der Waals surface area contributed by atoms with Crippen molar-refractivity contribution in [2.45, 2.75) is 84.0 Å². The minimum Gasteiger partial charge on any atom is -0.426 e. The van der Waals surface area contributed by atoms with Crippen LogP contribution in [-0.4, -0.2) is 15.9 Å². The normalized spacial score (nSPS) is 14.7. The van der Waals surface area contributed by atoms with E-state index in [-0.39, 0.29) is 11.9 Å². The van der Waals surface area contributed by atoms with Crippen molar-refractivity contribution >= 4 is 5.97 Å². The molecule has 1 fully saturated rings. The maximum atomic E-state index is 12.3. The molecule has 0 aliphatic heterocycles. The molecule has 0 atom stereocenters. The van der Waals surface area contributed by atoms with Crippen LogP contribution in [0.15, 0.2) is 36.7 Å². The summed E-state index contributed by atoms with van der Waals surface area (Å²) in [6.45, 7) is 2.25. The maximum absolute atomic E-state index is 12.3. The molecule has 29 heavy (non-hydrogen) atoms. The summed E-state index contributed by atoms with van der Waals surface area (Å²) in [4.78, 5) is 21.3. The fourth-order valence-corrected chi connectivity index (χ4v) is 3.95. The highest BCUT2D eigenvalue weighted by Gasteiger charge is 2.22. The first-order valence-corrected chi connectivity index (χ1v) is 11.4. The molecule has 4 heteroatoms. The van der Waals surface area contributed by atoms with Crippen LogP contribution >= 0.6 is 0 Å². The van der Waals surface area contributed by atoms with Gasteiger partial charge in [0.1, 0.15) is 5.75 Å². The number of esters is 1.